The summed E-state index contributed by atoms with van der Waals surface area (Å²) in [6.07, 6.45) is -12.8. The highest BCUT2D eigenvalue weighted by molar-refractivity contribution is 5.80. The van der Waals surface area contributed by atoms with E-state index in [0.29, 0.717) is 32.1 Å². The number of carbonyl (C=O) groups is 3. The van der Waals surface area contributed by atoms with Gasteiger partial charge < -0.3 is 60.2 Å². The standard InChI is InChI=1S/C24H40O14/c1-2-24(9-7-5-3-4-6-8-16(29)30,22-21(35)20(34)19(33)15(11-26)38-22)23(36)37-12-14(28)18(32)17(31)13(27)10-25/h2,10,13-15,17-22,26-28,31-35H,1,3-9,11-12H2,(H,29,30)/t13-,14-,15-,17-,18-,19-,20+,21+,22?,24?/m1/s1. The van der Waals surface area contributed by atoms with Crippen molar-refractivity contribution in [3.05, 3.63) is 12.7 Å². The van der Waals surface area contributed by atoms with Gasteiger partial charge in [-0.15, -0.1) is 6.58 Å². The number of carbonyl (C=O) groups excluding carboxylic acids is 2. The lowest BCUT2D eigenvalue weighted by molar-refractivity contribution is -0.253. The predicted molar refractivity (Wildman–Crippen MR) is 127 cm³/mol. The molecule has 2 unspecified atom stereocenters. The van der Waals surface area contributed by atoms with Crippen LogP contribution >= 0.6 is 0 Å². The van der Waals surface area contributed by atoms with Crippen LogP contribution in [0.4, 0.5) is 0 Å². The van der Waals surface area contributed by atoms with Crippen molar-refractivity contribution in [2.24, 2.45) is 5.41 Å². The van der Waals surface area contributed by atoms with E-state index >= 15 is 0 Å². The number of esters is 1. The van der Waals surface area contributed by atoms with Gasteiger partial charge in [0, 0.05) is 6.42 Å². The molecule has 0 aromatic heterocycles. The van der Waals surface area contributed by atoms with Crippen molar-refractivity contribution in [1.82, 2.24) is 0 Å². The molecule has 0 spiro atoms. The van der Waals surface area contributed by atoms with Crippen LogP contribution in [-0.4, -0.2) is 132 Å². The van der Waals surface area contributed by atoms with Crippen LogP contribution in [0.15, 0.2) is 12.7 Å². The summed E-state index contributed by atoms with van der Waals surface area (Å²) < 4.78 is 10.7. The van der Waals surface area contributed by atoms with Crippen LogP contribution < -0.4 is 0 Å². The molecule has 1 rings (SSSR count). The van der Waals surface area contributed by atoms with Crippen molar-refractivity contribution in [2.45, 2.75) is 99.9 Å². The summed E-state index contributed by atoms with van der Waals surface area (Å²) in [5, 5.41) is 88.5. The van der Waals surface area contributed by atoms with Gasteiger partial charge >= 0.3 is 11.9 Å². The van der Waals surface area contributed by atoms with Gasteiger partial charge in [0.2, 0.25) is 0 Å². The van der Waals surface area contributed by atoms with Crippen molar-refractivity contribution in [1.29, 1.82) is 0 Å². The number of carboxylic acids is 1. The van der Waals surface area contributed by atoms with Crippen molar-refractivity contribution >= 4 is 18.2 Å². The Morgan fingerprint density at radius 2 is 1.55 bits per heavy atom. The molecule has 1 heterocycles. The van der Waals surface area contributed by atoms with E-state index in [1.165, 1.54) is 0 Å². The molecule has 10 atom stereocenters. The minimum atomic E-state index is -2.07. The van der Waals surface area contributed by atoms with Crippen molar-refractivity contribution in [3.63, 3.8) is 0 Å². The first-order valence-corrected chi connectivity index (χ1v) is 12.4. The second kappa shape index (κ2) is 16.2. The Morgan fingerprint density at radius 3 is 2.11 bits per heavy atom. The highest BCUT2D eigenvalue weighted by Crippen LogP contribution is 2.40. The van der Waals surface area contributed by atoms with Gasteiger partial charge in [-0.25, -0.2) is 0 Å². The molecule has 1 saturated heterocycles. The Balaban J connectivity index is 3.07. The quantitative estimate of drug-likeness (QED) is 0.0356. The maximum Gasteiger partial charge on any atom is 0.318 e. The summed E-state index contributed by atoms with van der Waals surface area (Å²) in [7, 11) is 0. The first-order chi connectivity index (χ1) is 17.9. The topological polar surface area (TPSA) is 252 Å². The highest BCUT2D eigenvalue weighted by atomic mass is 16.6. The molecule has 1 aliphatic heterocycles. The first kappa shape index (κ1) is 34.0. The summed E-state index contributed by atoms with van der Waals surface area (Å²) in [6.45, 7) is 1.98. The van der Waals surface area contributed by atoms with Crippen LogP contribution in [0.5, 0.6) is 0 Å². The zero-order valence-corrected chi connectivity index (χ0v) is 21.0. The van der Waals surface area contributed by atoms with Crippen LogP contribution in [0.3, 0.4) is 0 Å². The van der Waals surface area contributed by atoms with Gasteiger partial charge in [-0.2, -0.15) is 0 Å². The summed E-state index contributed by atoms with van der Waals surface area (Å²) in [5.74, 6) is -2.03. The third kappa shape index (κ3) is 8.76. The molecule has 38 heavy (non-hydrogen) atoms. The third-order valence-corrected chi connectivity index (χ3v) is 6.74. The summed E-state index contributed by atoms with van der Waals surface area (Å²) in [6, 6.07) is 0. The van der Waals surface area contributed by atoms with Crippen molar-refractivity contribution in [3.8, 4) is 0 Å². The van der Waals surface area contributed by atoms with E-state index in [0.717, 1.165) is 6.08 Å². The number of rotatable bonds is 18. The van der Waals surface area contributed by atoms with Gasteiger partial charge in [-0.3, -0.25) is 9.59 Å². The van der Waals surface area contributed by atoms with E-state index in [1.807, 2.05) is 0 Å². The molecule has 0 aliphatic carbocycles. The zero-order valence-electron chi connectivity index (χ0n) is 21.0. The number of ether oxygens (including phenoxy) is 2. The molecule has 14 heteroatoms. The van der Waals surface area contributed by atoms with Crippen LogP contribution in [0.2, 0.25) is 0 Å². The maximum absolute atomic E-state index is 13.3. The van der Waals surface area contributed by atoms with Crippen LogP contribution in [0, 0.1) is 5.41 Å². The SMILES string of the molecule is C=CC(CCCCCCCC(=O)O)(C(=O)OC[C@@H](O)[C@@H](O)[C@H](O)[C@H](O)C=O)C1O[C@H](CO)[C@@H](O)[C@H](O)[C@@H]1O. The Morgan fingerprint density at radius 1 is 0.947 bits per heavy atom. The highest BCUT2D eigenvalue weighted by Gasteiger charge is 2.55. The van der Waals surface area contributed by atoms with Crippen LogP contribution in [0.1, 0.15) is 44.9 Å². The minimum Gasteiger partial charge on any atom is -0.481 e. The van der Waals surface area contributed by atoms with E-state index in [9.17, 15) is 55.2 Å². The predicted octanol–water partition coefficient (Wildman–Crippen LogP) is -3.00. The Hall–Kier alpha value is -2.01. The molecular weight excluding hydrogens is 512 g/mol. The Labute approximate surface area is 219 Å². The fourth-order valence-electron chi connectivity index (χ4n) is 4.32. The molecule has 0 aromatic rings. The number of carboxylic acid groups (broad SMARTS) is 1. The molecule has 220 valence electrons. The Bertz CT molecular complexity index is 760. The van der Waals surface area contributed by atoms with E-state index < -0.39 is 85.5 Å². The monoisotopic (exact) mass is 552 g/mol. The van der Waals surface area contributed by atoms with Gasteiger partial charge in [0.1, 0.15) is 67.0 Å². The average molecular weight is 553 g/mol. The smallest absolute Gasteiger partial charge is 0.318 e. The minimum absolute atomic E-state index is 0.0144. The molecule has 0 bridgehead atoms. The van der Waals surface area contributed by atoms with Crippen molar-refractivity contribution in [2.75, 3.05) is 13.2 Å². The second-order valence-electron chi connectivity index (χ2n) is 9.43. The largest absolute Gasteiger partial charge is 0.481 e. The van der Waals surface area contributed by atoms with Gasteiger partial charge in [-0.1, -0.05) is 31.8 Å². The number of unbranched alkanes of at least 4 members (excludes halogenated alkanes) is 4. The normalized spacial score (nSPS) is 28.4. The molecule has 9 N–H and O–H groups in total. The maximum atomic E-state index is 13.3. The van der Waals surface area contributed by atoms with E-state index in [2.05, 4.69) is 6.58 Å². The zero-order chi connectivity index (χ0) is 29.0. The lowest BCUT2D eigenvalue weighted by Gasteiger charge is -2.47. The number of hydrogen-bond acceptors (Lipinski definition) is 13. The third-order valence-electron chi connectivity index (χ3n) is 6.74. The number of aliphatic hydroxyl groups is 8. The lowest BCUT2D eigenvalue weighted by Crippen LogP contribution is -2.64. The molecule has 1 aliphatic rings. The molecule has 0 radical (unpaired) electrons. The van der Waals surface area contributed by atoms with Gasteiger partial charge in [0.05, 0.1) is 6.61 Å². The Kier molecular flexibility index (Phi) is 14.5. The van der Waals surface area contributed by atoms with E-state index in [4.69, 9.17) is 14.6 Å². The molecule has 0 amide bonds. The molecule has 0 saturated carbocycles. The average Bonchev–Trinajstić information content (AvgIpc) is 2.90. The summed E-state index contributed by atoms with van der Waals surface area (Å²) in [5.41, 5.74) is -1.87. The summed E-state index contributed by atoms with van der Waals surface area (Å²) >= 11 is 0. The van der Waals surface area contributed by atoms with Crippen LogP contribution in [-0.2, 0) is 23.9 Å². The first-order valence-electron chi connectivity index (χ1n) is 12.4. The second-order valence-corrected chi connectivity index (χ2v) is 9.43. The number of aliphatic carboxylic acids is 1. The number of hydrogen-bond donors (Lipinski definition) is 9. The fraction of sp³-hybridized carbons (Fsp3) is 0.792. The molecule has 1 fully saturated rings. The molecule has 14 nitrogen and oxygen atoms in total. The van der Waals surface area contributed by atoms with Crippen LogP contribution in [0.25, 0.3) is 0 Å². The molecular formula is C24H40O14. The summed E-state index contributed by atoms with van der Waals surface area (Å²) in [4.78, 5) is 34.6. The van der Waals surface area contributed by atoms with Crippen molar-refractivity contribution < 1.29 is 69.8 Å². The van der Waals surface area contributed by atoms with Gasteiger partial charge in [0.25, 0.3) is 0 Å². The lowest BCUT2D eigenvalue weighted by atomic mass is 9.72. The number of aliphatic hydroxyl groups excluding tert-OH is 8. The van der Waals surface area contributed by atoms with Gasteiger partial charge in [-0.05, 0) is 12.8 Å². The van der Waals surface area contributed by atoms with Gasteiger partial charge in [0.15, 0.2) is 6.29 Å². The molecule has 0 aromatic carbocycles. The van der Waals surface area contributed by atoms with E-state index in [1.54, 1.807) is 0 Å². The van der Waals surface area contributed by atoms with E-state index in [-0.39, 0.29) is 19.1 Å². The fourth-order valence-corrected chi connectivity index (χ4v) is 4.32. The number of aldehydes is 1.